The van der Waals surface area contributed by atoms with Crippen LogP contribution in [0.3, 0.4) is 0 Å². The summed E-state index contributed by atoms with van der Waals surface area (Å²) < 4.78 is 21.0. The van der Waals surface area contributed by atoms with Gasteiger partial charge in [0, 0.05) is 5.56 Å². The molecule has 0 bridgehead atoms. The van der Waals surface area contributed by atoms with Crippen molar-refractivity contribution in [2.45, 2.75) is 20.0 Å². The molecule has 8 nitrogen and oxygen atoms in total. The van der Waals surface area contributed by atoms with Crippen LogP contribution in [0.5, 0.6) is 17.2 Å². The van der Waals surface area contributed by atoms with Crippen molar-refractivity contribution < 1.29 is 23.6 Å². The van der Waals surface area contributed by atoms with Crippen LogP contribution in [0.1, 0.15) is 12.5 Å². The third-order valence-corrected chi connectivity index (χ3v) is 4.14. The van der Waals surface area contributed by atoms with Gasteiger partial charge in [-0.25, -0.2) is 4.63 Å². The lowest BCUT2D eigenvalue weighted by atomic mass is 10.1. The molecular weight excluding hydrogens is 362 g/mol. The Morgan fingerprint density at radius 2 is 1.75 bits per heavy atom. The first kappa shape index (κ1) is 19.2. The zero-order valence-corrected chi connectivity index (χ0v) is 16.1. The van der Waals surface area contributed by atoms with Crippen LogP contribution in [-0.4, -0.2) is 36.5 Å². The number of ether oxygens (including phenoxy) is 3. The molecule has 1 heterocycles. The second kappa shape index (κ2) is 8.43. The number of hydrogen-bond acceptors (Lipinski definition) is 7. The molecule has 0 radical (unpaired) electrons. The molecule has 146 valence electrons. The lowest BCUT2D eigenvalue weighted by molar-refractivity contribution is -0.122. The fourth-order valence-electron chi connectivity index (χ4n) is 2.66. The van der Waals surface area contributed by atoms with Crippen molar-refractivity contribution >= 4 is 11.7 Å². The first-order chi connectivity index (χ1) is 13.5. The van der Waals surface area contributed by atoms with Gasteiger partial charge in [0.05, 0.1) is 14.2 Å². The van der Waals surface area contributed by atoms with E-state index in [4.69, 9.17) is 18.8 Å². The number of para-hydroxylation sites is 2. The van der Waals surface area contributed by atoms with E-state index in [1.807, 2.05) is 31.2 Å². The number of carbonyl (C=O) groups excluding carboxylic acids is 1. The summed E-state index contributed by atoms with van der Waals surface area (Å²) in [6.07, 6.45) is -0.793. The number of carbonyl (C=O) groups is 1. The third kappa shape index (κ3) is 4.06. The number of methoxy groups -OCH3 is 2. The standard InChI is InChI=1S/C20H21N3O5/c1-12-11-14(9-10-15(12)25-3)18-19(23-28-22-18)21-20(24)13(2)27-17-8-6-5-7-16(17)26-4/h5-11,13H,1-4H3,(H,21,23,24). The zero-order chi connectivity index (χ0) is 20.1. The van der Waals surface area contributed by atoms with E-state index in [1.165, 1.54) is 7.11 Å². The van der Waals surface area contributed by atoms with Gasteiger partial charge in [-0.3, -0.25) is 4.79 Å². The number of amides is 1. The third-order valence-electron chi connectivity index (χ3n) is 4.14. The van der Waals surface area contributed by atoms with E-state index < -0.39 is 12.0 Å². The number of nitrogens with zero attached hydrogens (tertiary/aromatic N) is 2. The molecular formula is C20H21N3O5. The van der Waals surface area contributed by atoms with E-state index in [0.717, 1.165) is 16.9 Å². The molecule has 0 spiro atoms. The van der Waals surface area contributed by atoms with Crippen molar-refractivity contribution in [3.63, 3.8) is 0 Å². The van der Waals surface area contributed by atoms with Gasteiger partial charge in [0.15, 0.2) is 23.3 Å². The van der Waals surface area contributed by atoms with Gasteiger partial charge in [0.2, 0.25) is 5.82 Å². The lowest BCUT2D eigenvalue weighted by Gasteiger charge is -2.16. The number of aromatic nitrogens is 2. The Kier molecular flexibility index (Phi) is 5.78. The summed E-state index contributed by atoms with van der Waals surface area (Å²) >= 11 is 0. The van der Waals surface area contributed by atoms with E-state index >= 15 is 0 Å². The fourth-order valence-corrected chi connectivity index (χ4v) is 2.66. The summed E-state index contributed by atoms with van der Waals surface area (Å²) in [5, 5.41) is 10.4. The molecule has 0 aliphatic rings. The Morgan fingerprint density at radius 1 is 1.04 bits per heavy atom. The first-order valence-electron chi connectivity index (χ1n) is 8.61. The Morgan fingerprint density at radius 3 is 2.43 bits per heavy atom. The van der Waals surface area contributed by atoms with Crippen LogP contribution in [0.25, 0.3) is 11.3 Å². The predicted molar refractivity (Wildman–Crippen MR) is 103 cm³/mol. The van der Waals surface area contributed by atoms with Crippen molar-refractivity contribution in [2.75, 3.05) is 19.5 Å². The highest BCUT2D eigenvalue weighted by Gasteiger charge is 2.21. The second-order valence-electron chi connectivity index (χ2n) is 6.05. The van der Waals surface area contributed by atoms with Crippen LogP contribution in [0.15, 0.2) is 47.1 Å². The highest BCUT2D eigenvalue weighted by atomic mass is 16.6. The molecule has 8 heteroatoms. The number of nitrogens with one attached hydrogen (secondary N) is 1. The minimum atomic E-state index is -0.793. The Bertz CT molecular complexity index is 970. The molecule has 3 rings (SSSR count). The smallest absolute Gasteiger partial charge is 0.266 e. The van der Waals surface area contributed by atoms with Gasteiger partial charge in [-0.15, -0.1) is 0 Å². The molecule has 0 saturated heterocycles. The van der Waals surface area contributed by atoms with Gasteiger partial charge in [-0.1, -0.05) is 12.1 Å². The highest BCUT2D eigenvalue weighted by molar-refractivity contribution is 5.96. The number of benzene rings is 2. The fraction of sp³-hybridized carbons (Fsp3) is 0.250. The second-order valence-corrected chi connectivity index (χ2v) is 6.05. The minimum absolute atomic E-state index is 0.213. The van der Waals surface area contributed by atoms with E-state index in [0.29, 0.717) is 17.2 Å². The molecule has 0 aliphatic heterocycles. The number of aryl methyl sites for hydroxylation is 1. The Hall–Kier alpha value is -3.55. The normalized spacial score (nSPS) is 11.6. The SMILES string of the molecule is COc1ccc(-c2nonc2NC(=O)C(C)Oc2ccccc2OC)cc1C. The summed E-state index contributed by atoms with van der Waals surface area (Å²) in [7, 11) is 3.14. The van der Waals surface area contributed by atoms with Crippen LogP contribution < -0.4 is 19.5 Å². The molecule has 28 heavy (non-hydrogen) atoms. The predicted octanol–water partition coefficient (Wildman–Crippen LogP) is 3.47. The number of anilines is 1. The molecule has 0 saturated carbocycles. The van der Waals surface area contributed by atoms with Crippen molar-refractivity contribution in [2.24, 2.45) is 0 Å². The van der Waals surface area contributed by atoms with Crippen molar-refractivity contribution in [1.29, 1.82) is 0 Å². The lowest BCUT2D eigenvalue weighted by Crippen LogP contribution is -2.30. The quantitative estimate of drug-likeness (QED) is 0.667. The number of rotatable bonds is 7. The largest absolute Gasteiger partial charge is 0.496 e. The Labute approximate surface area is 162 Å². The summed E-state index contributed by atoms with van der Waals surface area (Å²) in [6, 6.07) is 12.6. The van der Waals surface area contributed by atoms with Gasteiger partial charge >= 0.3 is 0 Å². The van der Waals surface area contributed by atoms with Gasteiger partial charge in [0.25, 0.3) is 5.91 Å². The van der Waals surface area contributed by atoms with E-state index in [1.54, 1.807) is 32.2 Å². The maximum Gasteiger partial charge on any atom is 0.266 e. The van der Waals surface area contributed by atoms with Crippen LogP contribution in [0.2, 0.25) is 0 Å². The van der Waals surface area contributed by atoms with Crippen molar-refractivity contribution in [3.8, 4) is 28.5 Å². The van der Waals surface area contributed by atoms with Crippen LogP contribution in [0, 0.1) is 6.92 Å². The number of hydrogen-bond donors (Lipinski definition) is 1. The van der Waals surface area contributed by atoms with E-state index in [-0.39, 0.29) is 5.82 Å². The summed E-state index contributed by atoms with van der Waals surface area (Å²) in [5.41, 5.74) is 2.09. The monoisotopic (exact) mass is 383 g/mol. The maximum absolute atomic E-state index is 12.6. The first-order valence-corrected chi connectivity index (χ1v) is 8.61. The Balaban J connectivity index is 1.75. The minimum Gasteiger partial charge on any atom is -0.496 e. The molecule has 0 fully saturated rings. The van der Waals surface area contributed by atoms with Gasteiger partial charge in [-0.2, -0.15) is 0 Å². The summed E-state index contributed by atoms with van der Waals surface area (Å²) in [4.78, 5) is 12.6. The average Bonchev–Trinajstić information content (AvgIpc) is 3.16. The molecule has 1 aromatic heterocycles. The van der Waals surface area contributed by atoms with Crippen molar-refractivity contribution in [1.82, 2.24) is 10.3 Å². The summed E-state index contributed by atoms with van der Waals surface area (Å²) in [6.45, 7) is 3.55. The van der Waals surface area contributed by atoms with Crippen LogP contribution in [0.4, 0.5) is 5.82 Å². The topological polar surface area (TPSA) is 95.7 Å². The average molecular weight is 383 g/mol. The molecule has 3 aromatic rings. The van der Waals surface area contributed by atoms with E-state index in [9.17, 15) is 4.79 Å². The van der Waals surface area contributed by atoms with Crippen LogP contribution >= 0.6 is 0 Å². The van der Waals surface area contributed by atoms with Crippen molar-refractivity contribution in [3.05, 3.63) is 48.0 Å². The van der Waals surface area contributed by atoms with E-state index in [2.05, 4.69) is 15.6 Å². The maximum atomic E-state index is 12.6. The van der Waals surface area contributed by atoms with Gasteiger partial charge in [0.1, 0.15) is 5.75 Å². The molecule has 2 aromatic carbocycles. The molecule has 1 amide bonds. The van der Waals surface area contributed by atoms with Gasteiger partial charge < -0.3 is 19.5 Å². The van der Waals surface area contributed by atoms with Crippen LogP contribution in [-0.2, 0) is 4.79 Å². The molecule has 1 unspecified atom stereocenters. The molecule has 1 atom stereocenters. The van der Waals surface area contributed by atoms with Gasteiger partial charge in [-0.05, 0) is 60.1 Å². The zero-order valence-electron chi connectivity index (χ0n) is 16.1. The summed E-state index contributed by atoms with van der Waals surface area (Å²) in [5.74, 6) is 1.58. The molecule has 1 N–H and O–H groups in total. The highest BCUT2D eigenvalue weighted by Crippen LogP contribution is 2.30. The molecule has 0 aliphatic carbocycles.